The number of alkyl carbamates (subject to hydrolysis) is 2. The molecule has 1 fully saturated rings. The second-order valence-electron chi connectivity index (χ2n) is 7.27. The van der Waals surface area contributed by atoms with Gasteiger partial charge in [-0.15, -0.1) is 0 Å². The van der Waals surface area contributed by atoms with E-state index in [4.69, 9.17) is 4.74 Å². The lowest BCUT2D eigenvalue weighted by atomic mass is 10.1. The Balaban J connectivity index is 1.80. The molecule has 1 aromatic heterocycles. The molecule has 2 atom stereocenters. The fourth-order valence-corrected chi connectivity index (χ4v) is 3.55. The first-order valence-electron chi connectivity index (χ1n) is 10.3. The third kappa shape index (κ3) is 6.71. The minimum Gasteiger partial charge on any atom is -0.453 e. The Hall–Kier alpha value is -3.08. The van der Waals surface area contributed by atoms with Gasteiger partial charge in [0.2, 0.25) is 5.91 Å². The van der Waals surface area contributed by atoms with Crippen molar-refractivity contribution in [1.29, 1.82) is 0 Å². The molecule has 1 aliphatic rings. The number of halogens is 1. The second kappa shape index (κ2) is 11.5. The summed E-state index contributed by atoms with van der Waals surface area (Å²) < 4.78 is 10.8. The summed E-state index contributed by atoms with van der Waals surface area (Å²) in [6.45, 7) is 0.504. The number of nitrogens with one attached hydrogen (secondary N) is 4. The summed E-state index contributed by atoms with van der Waals surface area (Å²) in [7, 11) is 1.25. The van der Waals surface area contributed by atoms with E-state index in [1.54, 1.807) is 6.20 Å². The van der Waals surface area contributed by atoms with Gasteiger partial charge in [-0.25, -0.2) is 14.6 Å². The van der Waals surface area contributed by atoms with Gasteiger partial charge < -0.3 is 30.4 Å². The third-order valence-electron chi connectivity index (χ3n) is 5.01. The maximum Gasteiger partial charge on any atom is 0.407 e. The van der Waals surface area contributed by atoms with Crippen LogP contribution in [0.5, 0.6) is 0 Å². The smallest absolute Gasteiger partial charge is 0.407 e. The number of H-pyrrole nitrogens is 1. The number of hydrogen-bond acceptors (Lipinski definition) is 6. The molecule has 10 nitrogen and oxygen atoms in total. The minimum absolute atomic E-state index is 0.0835. The molecule has 0 bridgehead atoms. The highest BCUT2D eigenvalue weighted by molar-refractivity contribution is 9.10. The van der Waals surface area contributed by atoms with E-state index in [1.165, 1.54) is 7.11 Å². The number of ether oxygens (including phenoxy) is 2. The van der Waals surface area contributed by atoms with Crippen molar-refractivity contribution in [1.82, 2.24) is 25.9 Å². The van der Waals surface area contributed by atoms with E-state index >= 15 is 0 Å². The number of cyclic esters (lactones) is 1. The van der Waals surface area contributed by atoms with Crippen molar-refractivity contribution < 1.29 is 23.9 Å². The Morgan fingerprint density at radius 1 is 1.22 bits per heavy atom. The predicted octanol–water partition coefficient (Wildman–Crippen LogP) is 3.02. The Morgan fingerprint density at radius 3 is 2.75 bits per heavy atom. The van der Waals surface area contributed by atoms with Crippen molar-refractivity contribution in [3.63, 3.8) is 0 Å². The molecule has 3 amide bonds. The van der Waals surface area contributed by atoms with E-state index in [-0.39, 0.29) is 12.5 Å². The summed E-state index contributed by atoms with van der Waals surface area (Å²) in [4.78, 5) is 44.3. The van der Waals surface area contributed by atoms with Crippen LogP contribution in [0, 0.1) is 0 Å². The summed E-state index contributed by atoms with van der Waals surface area (Å²) in [5.74, 6) is 0.160. The van der Waals surface area contributed by atoms with Gasteiger partial charge in [0.1, 0.15) is 11.9 Å². The van der Waals surface area contributed by atoms with Crippen molar-refractivity contribution in [2.24, 2.45) is 0 Å². The van der Waals surface area contributed by atoms with Gasteiger partial charge in [-0.05, 0) is 31.4 Å². The molecule has 2 aromatic rings. The number of methoxy groups -OCH3 is 1. The lowest BCUT2D eigenvalue weighted by Crippen LogP contribution is -2.48. The SMILES string of the molecule is COC(=O)NC1CCCCNC(=O)OCCC(c2nc(-c3ccc(Br)cc3)c[nH]2)NC1=O. The molecule has 0 radical (unpaired) electrons. The summed E-state index contributed by atoms with van der Waals surface area (Å²) in [5.41, 5.74) is 1.63. The average molecular weight is 508 g/mol. The quantitative estimate of drug-likeness (QED) is 0.504. The largest absolute Gasteiger partial charge is 0.453 e. The number of benzene rings is 1. The molecule has 32 heavy (non-hydrogen) atoms. The van der Waals surface area contributed by atoms with Crippen LogP contribution >= 0.6 is 15.9 Å². The summed E-state index contributed by atoms with van der Waals surface area (Å²) in [6, 6.07) is 6.36. The Labute approximate surface area is 194 Å². The van der Waals surface area contributed by atoms with Gasteiger partial charge in [-0.3, -0.25) is 4.79 Å². The Kier molecular flexibility index (Phi) is 8.48. The normalized spacial score (nSPS) is 20.4. The van der Waals surface area contributed by atoms with Gasteiger partial charge in [-0.2, -0.15) is 0 Å². The first kappa shape index (κ1) is 23.6. The van der Waals surface area contributed by atoms with E-state index in [0.29, 0.717) is 43.7 Å². The fourth-order valence-electron chi connectivity index (χ4n) is 3.29. The molecule has 0 aliphatic carbocycles. The summed E-state index contributed by atoms with van der Waals surface area (Å²) in [6.07, 6.45) is 2.52. The Morgan fingerprint density at radius 2 is 2.00 bits per heavy atom. The zero-order chi connectivity index (χ0) is 22.9. The Bertz CT molecular complexity index is 933. The molecule has 1 aromatic carbocycles. The van der Waals surface area contributed by atoms with Crippen LogP contribution in [0.25, 0.3) is 11.3 Å². The summed E-state index contributed by atoms with van der Waals surface area (Å²) >= 11 is 3.41. The monoisotopic (exact) mass is 507 g/mol. The van der Waals surface area contributed by atoms with Gasteiger partial charge in [0, 0.05) is 29.2 Å². The van der Waals surface area contributed by atoms with Crippen molar-refractivity contribution in [2.75, 3.05) is 20.3 Å². The van der Waals surface area contributed by atoms with Gasteiger partial charge in [0.05, 0.1) is 25.5 Å². The number of nitrogens with zero attached hydrogens (tertiary/aromatic N) is 1. The van der Waals surface area contributed by atoms with Crippen LogP contribution in [0.15, 0.2) is 34.9 Å². The van der Waals surface area contributed by atoms with Crippen molar-refractivity contribution in [2.45, 2.75) is 37.8 Å². The number of carbonyl (C=O) groups is 3. The van der Waals surface area contributed by atoms with Crippen LogP contribution in [0.4, 0.5) is 9.59 Å². The standard InChI is InChI=1S/C21H26BrN5O5/c1-31-21(30)27-16-4-2-3-10-23-20(29)32-11-9-15(26-19(16)28)18-24-12-17(25-18)13-5-7-14(22)8-6-13/h5-8,12,15-16H,2-4,9-11H2,1H3,(H,23,29)(H,24,25)(H,26,28)(H,27,30). The maximum atomic E-state index is 13.0. The molecule has 11 heteroatoms. The molecule has 2 unspecified atom stereocenters. The number of carbonyl (C=O) groups excluding carboxylic acids is 3. The first-order valence-corrected chi connectivity index (χ1v) is 11.1. The number of rotatable bonds is 3. The molecule has 2 heterocycles. The van der Waals surface area contributed by atoms with Crippen LogP contribution in [-0.4, -0.2) is 54.4 Å². The third-order valence-corrected chi connectivity index (χ3v) is 5.54. The minimum atomic E-state index is -0.775. The molecule has 172 valence electrons. The maximum absolute atomic E-state index is 13.0. The molecule has 0 spiro atoms. The highest BCUT2D eigenvalue weighted by Crippen LogP contribution is 2.23. The van der Waals surface area contributed by atoms with Gasteiger partial charge >= 0.3 is 12.2 Å². The van der Waals surface area contributed by atoms with Crippen molar-refractivity contribution in [3.8, 4) is 11.3 Å². The van der Waals surface area contributed by atoms with E-state index in [0.717, 1.165) is 10.0 Å². The molecular weight excluding hydrogens is 482 g/mol. The van der Waals surface area contributed by atoms with Crippen molar-refractivity contribution >= 4 is 34.0 Å². The first-order chi connectivity index (χ1) is 15.5. The number of amides is 3. The van der Waals surface area contributed by atoms with E-state index in [9.17, 15) is 14.4 Å². The lowest BCUT2D eigenvalue weighted by Gasteiger charge is -2.22. The molecular formula is C21H26BrN5O5. The summed E-state index contributed by atoms with van der Waals surface area (Å²) in [5, 5.41) is 8.17. The van der Waals surface area contributed by atoms with Crippen molar-refractivity contribution in [3.05, 3.63) is 40.8 Å². The fraction of sp³-hybridized carbons (Fsp3) is 0.429. The van der Waals surface area contributed by atoms with Crippen LogP contribution in [0.3, 0.4) is 0 Å². The van der Waals surface area contributed by atoms with Gasteiger partial charge in [0.15, 0.2) is 0 Å². The van der Waals surface area contributed by atoms with Crippen LogP contribution in [0.2, 0.25) is 0 Å². The number of hydrogen-bond donors (Lipinski definition) is 4. The number of aromatic nitrogens is 2. The van der Waals surface area contributed by atoms with Crippen LogP contribution < -0.4 is 16.0 Å². The highest BCUT2D eigenvalue weighted by Gasteiger charge is 2.26. The second-order valence-corrected chi connectivity index (χ2v) is 8.19. The lowest BCUT2D eigenvalue weighted by molar-refractivity contribution is -0.124. The molecule has 4 N–H and O–H groups in total. The van der Waals surface area contributed by atoms with Crippen LogP contribution in [-0.2, 0) is 14.3 Å². The zero-order valence-corrected chi connectivity index (χ0v) is 19.2. The predicted molar refractivity (Wildman–Crippen MR) is 120 cm³/mol. The van der Waals surface area contributed by atoms with E-state index in [2.05, 4.69) is 46.6 Å². The van der Waals surface area contributed by atoms with Crippen LogP contribution in [0.1, 0.15) is 37.5 Å². The van der Waals surface area contributed by atoms with E-state index in [1.807, 2.05) is 24.3 Å². The highest BCUT2D eigenvalue weighted by atomic mass is 79.9. The average Bonchev–Trinajstić information content (AvgIpc) is 3.27. The topological polar surface area (TPSA) is 134 Å². The van der Waals surface area contributed by atoms with Gasteiger partial charge in [-0.1, -0.05) is 28.1 Å². The molecule has 3 rings (SSSR count). The van der Waals surface area contributed by atoms with Gasteiger partial charge in [0.25, 0.3) is 0 Å². The van der Waals surface area contributed by atoms with E-state index < -0.39 is 24.3 Å². The molecule has 1 saturated heterocycles. The number of imidazole rings is 1. The number of aromatic amines is 1. The molecule has 0 saturated carbocycles. The zero-order valence-electron chi connectivity index (χ0n) is 17.7. The molecule has 1 aliphatic heterocycles.